The minimum Gasteiger partial charge on any atom is -0.462 e. The van der Waals surface area contributed by atoms with Gasteiger partial charge in [0.1, 0.15) is 21.9 Å². The van der Waals surface area contributed by atoms with Crippen molar-refractivity contribution >= 4 is 97.2 Å². The monoisotopic (exact) mass is 734 g/mol. The topological polar surface area (TPSA) is 69.7 Å². The highest BCUT2D eigenvalue weighted by molar-refractivity contribution is 9.10. The fourth-order valence-electron chi connectivity index (χ4n) is 2.64. The molecule has 3 aromatic rings. The highest BCUT2D eigenvalue weighted by atomic mass is 79.9. The van der Waals surface area contributed by atoms with Crippen molar-refractivity contribution in [3.05, 3.63) is 107 Å². The summed E-state index contributed by atoms with van der Waals surface area (Å²) in [6.07, 6.45) is 0. The van der Waals surface area contributed by atoms with Crippen LogP contribution in [0.15, 0.2) is 63.6 Å². The van der Waals surface area contributed by atoms with E-state index < -0.39 is 29.4 Å². The SMILES string of the molecule is CCOC(=O)C(=C(Cl)Cl)c1ccc(Cl)cc1F.CCOC(=O)C(=O)c1ccc(Cl)cc1F.Fc1cc(Cl)ccc1Br. The van der Waals surface area contributed by atoms with E-state index in [1.165, 1.54) is 24.3 Å². The lowest BCUT2D eigenvalue weighted by Gasteiger charge is -2.08. The van der Waals surface area contributed by atoms with Crippen LogP contribution in [0, 0.1) is 17.5 Å². The van der Waals surface area contributed by atoms with Crippen LogP contribution in [0.3, 0.4) is 0 Å². The third-order valence-electron chi connectivity index (χ3n) is 4.39. The molecule has 0 radical (unpaired) electrons. The van der Waals surface area contributed by atoms with Gasteiger partial charge in [0.25, 0.3) is 5.78 Å². The molecule has 3 aromatic carbocycles. The molecule has 0 aliphatic carbocycles. The zero-order chi connectivity index (χ0) is 31.3. The van der Waals surface area contributed by atoms with Gasteiger partial charge in [0.15, 0.2) is 0 Å². The highest BCUT2D eigenvalue weighted by Crippen LogP contribution is 2.29. The molecule has 0 atom stereocenters. The second kappa shape index (κ2) is 18.3. The Hall–Kier alpha value is -2.27. The number of benzene rings is 3. The van der Waals surface area contributed by atoms with Crippen LogP contribution in [-0.4, -0.2) is 30.9 Å². The lowest BCUT2D eigenvalue weighted by Crippen LogP contribution is -2.18. The summed E-state index contributed by atoms with van der Waals surface area (Å²) in [5, 5.41) is 0.781. The lowest BCUT2D eigenvalue weighted by atomic mass is 10.1. The van der Waals surface area contributed by atoms with Crippen LogP contribution in [-0.2, 0) is 19.1 Å². The number of hydrogen-bond acceptors (Lipinski definition) is 5. The van der Waals surface area contributed by atoms with Gasteiger partial charge in [0, 0.05) is 20.6 Å². The number of halogens is 9. The molecule has 0 spiro atoms. The van der Waals surface area contributed by atoms with Gasteiger partial charge in [-0.2, -0.15) is 0 Å². The van der Waals surface area contributed by atoms with Gasteiger partial charge in [0.05, 0.1) is 28.8 Å². The van der Waals surface area contributed by atoms with E-state index in [1.807, 2.05) is 0 Å². The summed E-state index contributed by atoms with van der Waals surface area (Å²) in [7, 11) is 0. The number of rotatable bonds is 6. The predicted molar refractivity (Wildman–Crippen MR) is 158 cm³/mol. The first-order chi connectivity index (χ1) is 19.2. The number of hydrogen-bond donors (Lipinski definition) is 0. The molecule has 5 nitrogen and oxygen atoms in total. The maximum Gasteiger partial charge on any atom is 0.379 e. The molecule has 3 rings (SSSR count). The minimum atomic E-state index is -1.07. The number of esters is 2. The second-order valence-corrected chi connectivity index (χ2v) is 10.3. The molecule has 0 fully saturated rings. The Labute approximate surface area is 267 Å². The van der Waals surface area contributed by atoms with E-state index in [0.29, 0.717) is 9.50 Å². The van der Waals surface area contributed by atoms with E-state index in [4.69, 9.17) is 62.7 Å². The van der Waals surface area contributed by atoms with Gasteiger partial charge in [-0.3, -0.25) is 4.79 Å². The summed E-state index contributed by atoms with van der Waals surface area (Å²) in [5.41, 5.74) is -0.602. The molecule has 0 saturated heterocycles. The van der Waals surface area contributed by atoms with Crippen LogP contribution in [0.25, 0.3) is 5.57 Å². The molecule has 0 amide bonds. The lowest BCUT2D eigenvalue weighted by molar-refractivity contribution is -0.137. The molecule has 220 valence electrons. The Morgan fingerprint density at radius 1 is 0.683 bits per heavy atom. The zero-order valence-electron chi connectivity index (χ0n) is 21.1. The quantitative estimate of drug-likeness (QED) is 0.0829. The molecule has 0 N–H and O–H groups in total. The van der Waals surface area contributed by atoms with E-state index in [9.17, 15) is 27.6 Å². The number of Topliss-reactive ketones (excluding diaryl/α,β-unsaturated/α-hetero) is 1. The van der Waals surface area contributed by atoms with Crippen molar-refractivity contribution in [3.63, 3.8) is 0 Å². The van der Waals surface area contributed by atoms with Crippen molar-refractivity contribution in [1.29, 1.82) is 0 Å². The van der Waals surface area contributed by atoms with Crippen molar-refractivity contribution in [2.45, 2.75) is 13.8 Å². The second-order valence-electron chi connectivity index (χ2n) is 7.21. The van der Waals surface area contributed by atoms with E-state index in [2.05, 4.69) is 20.7 Å². The molecule has 0 aliphatic heterocycles. The average Bonchev–Trinajstić information content (AvgIpc) is 2.88. The van der Waals surface area contributed by atoms with Gasteiger partial charge >= 0.3 is 11.9 Å². The van der Waals surface area contributed by atoms with Crippen molar-refractivity contribution in [1.82, 2.24) is 0 Å². The Morgan fingerprint density at radius 2 is 1.10 bits per heavy atom. The summed E-state index contributed by atoms with van der Waals surface area (Å²) in [5.74, 6) is -4.72. The summed E-state index contributed by atoms with van der Waals surface area (Å²) in [6.45, 7) is 3.39. The largest absolute Gasteiger partial charge is 0.462 e. The smallest absolute Gasteiger partial charge is 0.379 e. The van der Waals surface area contributed by atoms with Crippen molar-refractivity contribution < 1.29 is 37.0 Å². The van der Waals surface area contributed by atoms with E-state index >= 15 is 0 Å². The predicted octanol–water partition coefficient (Wildman–Crippen LogP) is 9.65. The maximum atomic E-state index is 13.6. The zero-order valence-corrected chi connectivity index (χ0v) is 26.4. The van der Waals surface area contributed by atoms with Crippen molar-refractivity contribution in [2.75, 3.05) is 13.2 Å². The summed E-state index contributed by atoms with van der Waals surface area (Å²) in [6, 6.07) is 11.7. The van der Waals surface area contributed by atoms with Gasteiger partial charge in [-0.15, -0.1) is 0 Å². The van der Waals surface area contributed by atoms with Crippen molar-refractivity contribution in [2.24, 2.45) is 0 Å². The van der Waals surface area contributed by atoms with E-state index in [1.54, 1.807) is 26.0 Å². The van der Waals surface area contributed by atoms with E-state index in [-0.39, 0.29) is 50.3 Å². The van der Waals surface area contributed by atoms with Crippen LogP contribution >= 0.6 is 73.9 Å². The number of ether oxygens (including phenoxy) is 2. The molecule has 0 bridgehead atoms. The normalized spacial score (nSPS) is 9.83. The third kappa shape index (κ3) is 12.2. The minimum absolute atomic E-state index is 0.0483. The van der Waals surface area contributed by atoms with Gasteiger partial charge in [0.2, 0.25) is 0 Å². The summed E-state index contributed by atoms with van der Waals surface area (Å²) in [4.78, 5) is 33.9. The molecule has 0 aromatic heterocycles. The Balaban J connectivity index is 0.000000321. The fourth-order valence-corrected chi connectivity index (χ4v) is 3.72. The number of carbonyl (C=O) groups excluding carboxylic acids is 3. The van der Waals surface area contributed by atoms with Gasteiger partial charge in [-0.05, 0) is 84.4 Å². The van der Waals surface area contributed by atoms with Crippen molar-refractivity contribution in [3.8, 4) is 0 Å². The molecule has 0 saturated carbocycles. The van der Waals surface area contributed by atoms with Crippen LogP contribution < -0.4 is 0 Å². The van der Waals surface area contributed by atoms with Crippen LogP contribution in [0.5, 0.6) is 0 Å². The molecule has 41 heavy (non-hydrogen) atoms. The third-order valence-corrected chi connectivity index (χ3v) is 6.11. The first kappa shape index (κ1) is 36.8. The van der Waals surface area contributed by atoms with Gasteiger partial charge in [-0.25, -0.2) is 22.8 Å². The standard InChI is InChI=1S/C11H8Cl3FO2.C10H8ClFO3.C6H3BrClF/c1-2-17-11(16)9(10(13)14)7-4-3-6(12)5-8(7)15;1-2-15-10(14)9(13)7-4-3-6(11)5-8(7)12;7-5-2-1-4(8)3-6(5)9/h3-5H,2H2,1H3;3-5H,2H2,1H3;1-3H. The Bertz CT molecular complexity index is 1430. The summed E-state index contributed by atoms with van der Waals surface area (Å²) < 4.78 is 48.5. The van der Waals surface area contributed by atoms with Crippen LogP contribution in [0.1, 0.15) is 29.8 Å². The van der Waals surface area contributed by atoms with Crippen LogP contribution in [0.4, 0.5) is 13.2 Å². The molecular weight excluding hydrogens is 718 g/mol. The fraction of sp³-hybridized carbons (Fsp3) is 0.148. The molecule has 0 aliphatic rings. The summed E-state index contributed by atoms with van der Waals surface area (Å²) >= 11 is 30.7. The van der Waals surface area contributed by atoms with Gasteiger partial charge in [-0.1, -0.05) is 58.0 Å². The van der Waals surface area contributed by atoms with Gasteiger partial charge < -0.3 is 9.47 Å². The Kier molecular flexibility index (Phi) is 16.4. The highest BCUT2D eigenvalue weighted by Gasteiger charge is 2.22. The number of carbonyl (C=O) groups is 3. The first-order valence-electron chi connectivity index (χ1n) is 11.2. The molecular formula is C27H19BrCl5F3O5. The van der Waals surface area contributed by atoms with Crippen LogP contribution in [0.2, 0.25) is 15.1 Å². The molecule has 14 heteroatoms. The number of ketones is 1. The van der Waals surface area contributed by atoms with E-state index in [0.717, 1.165) is 18.2 Å². The first-order valence-corrected chi connectivity index (χ1v) is 13.9. The Morgan fingerprint density at radius 3 is 1.49 bits per heavy atom. The average molecular weight is 738 g/mol. The molecule has 0 heterocycles. The maximum absolute atomic E-state index is 13.6. The molecule has 0 unspecified atom stereocenters.